The van der Waals surface area contributed by atoms with E-state index in [0.717, 1.165) is 34.7 Å². The Hall–Kier alpha value is -2.29. The summed E-state index contributed by atoms with van der Waals surface area (Å²) in [5.41, 5.74) is 12.4. The van der Waals surface area contributed by atoms with Gasteiger partial charge < -0.3 is 10.3 Å². The Morgan fingerprint density at radius 3 is 2.60 bits per heavy atom. The van der Waals surface area contributed by atoms with Crippen LogP contribution in [0.25, 0.3) is 22.4 Å². The number of fused-ring (bicyclic) bond motifs is 1. The van der Waals surface area contributed by atoms with Crippen molar-refractivity contribution in [3.8, 4) is 11.4 Å². The quantitative estimate of drug-likeness (QED) is 0.714. The number of rotatable bonds is 2. The van der Waals surface area contributed by atoms with E-state index in [1.807, 2.05) is 19.1 Å². The predicted octanol–water partition coefficient (Wildman–Crippen LogP) is 3.92. The average molecular weight is 265 g/mol. The van der Waals surface area contributed by atoms with Gasteiger partial charge in [0.2, 0.25) is 0 Å². The van der Waals surface area contributed by atoms with Crippen molar-refractivity contribution in [3.05, 3.63) is 47.5 Å². The fraction of sp³-hybridized carbons (Fsp3) is 0.235. The number of nitrogens with two attached hydrogens (primary N) is 1. The molecule has 0 amide bonds. The zero-order valence-corrected chi connectivity index (χ0v) is 12.1. The molecule has 0 fully saturated rings. The zero-order chi connectivity index (χ0) is 14.3. The summed E-state index contributed by atoms with van der Waals surface area (Å²) >= 11 is 0. The maximum Gasteiger partial charge on any atom is 0.141 e. The average Bonchev–Trinajstić information content (AvgIpc) is 2.79. The van der Waals surface area contributed by atoms with Crippen LogP contribution in [0, 0.1) is 13.8 Å². The van der Waals surface area contributed by atoms with Crippen LogP contribution < -0.4 is 5.73 Å². The zero-order valence-electron chi connectivity index (χ0n) is 12.1. The lowest BCUT2D eigenvalue weighted by molar-refractivity contribution is 0.796. The van der Waals surface area contributed by atoms with Gasteiger partial charge in [-0.1, -0.05) is 6.07 Å². The van der Waals surface area contributed by atoms with E-state index < -0.39 is 0 Å². The number of benzene rings is 2. The molecule has 3 heteroatoms. The van der Waals surface area contributed by atoms with Gasteiger partial charge in [-0.15, -0.1) is 0 Å². The Morgan fingerprint density at radius 2 is 1.90 bits per heavy atom. The van der Waals surface area contributed by atoms with Gasteiger partial charge in [0.25, 0.3) is 0 Å². The van der Waals surface area contributed by atoms with Crippen LogP contribution in [0.1, 0.15) is 18.1 Å². The van der Waals surface area contributed by atoms with Crippen molar-refractivity contribution in [3.63, 3.8) is 0 Å². The van der Waals surface area contributed by atoms with Gasteiger partial charge in [0.05, 0.1) is 11.0 Å². The van der Waals surface area contributed by atoms with Gasteiger partial charge in [0, 0.05) is 17.8 Å². The van der Waals surface area contributed by atoms with Gasteiger partial charge in [-0.2, -0.15) is 0 Å². The minimum Gasteiger partial charge on any atom is -0.399 e. The molecule has 2 N–H and O–H groups in total. The molecule has 0 radical (unpaired) electrons. The van der Waals surface area contributed by atoms with Crippen molar-refractivity contribution in [1.29, 1.82) is 0 Å². The first-order valence-electron chi connectivity index (χ1n) is 6.93. The lowest BCUT2D eigenvalue weighted by Crippen LogP contribution is -1.98. The van der Waals surface area contributed by atoms with Crippen LogP contribution in [0.4, 0.5) is 5.69 Å². The van der Waals surface area contributed by atoms with Crippen molar-refractivity contribution in [2.75, 3.05) is 5.73 Å². The number of anilines is 1. The van der Waals surface area contributed by atoms with Crippen LogP contribution in [-0.2, 0) is 6.54 Å². The van der Waals surface area contributed by atoms with E-state index in [9.17, 15) is 0 Å². The third-order valence-corrected chi connectivity index (χ3v) is 3.75. The van der Waals surface area contributed by atoms with Crippen LogP contribution >= 0.6 is 0 Å². The number of imidazole rings is 1. The van der Waals surface area contributed by atoms with Gasteiger partial charge in [0.1, 0.15) is 5.82 Å². The number of aromatic nitrogens is 2. The fourth-order valence-electron chi connectivity index (χ4n) is 2.60. The maximum absolute atomic E-state index is 5.91. The SMILES string of the molecule is CCn1c(-c2ccc(N)c(C)c2)nc2cc(C)ccc21. The van der Waals surface area contributed by atoms with Crippen LogP contribution in [0.3, 0.4) is 0 Å². The molecule has 3 rings (SSSR count). The highest BCUT2D eigenvalue weighted by Gasteiger charge is 2.12. The number of nitrogen functional groups attached to an aromatic ring is 1. The second-order valence-corrected chi connectivity index (χ2v) is 5.24. The second kappa shape index (κ2) is 4.67. The summed E-state index contributed by atoms with van der Waals surface area (Å²) in [6.45, 7) is 7.17. The summed E-state index contributed by atoms with van der Waals surface area (Å²) < 4.78 is 2.25. The Labute approximate surface area is 119 Å². The lowest BCUT2D eigenvalue weighted by Gasteiger charge is -2.08. The Kier molecular flexibility index (Phi) is 2.97. The van der Waals surface area contributed by atoms with Crippen molar-refractivity contribution in [1.82, 2.24) is 9.55 Å². The van der Waals surface area contributed by atoms with E-state index in [-0.39, 0.29) is 0 Å². The summed E-state index contributed by atoms with van der Waals surface area (Å²) in [7, 11) is 0. The molecular formula is C17H19N3. The van der Waals surface area contributed by atoms with Crippen molar-refractivity contribution in [2.45, 2.75) is 27.3 Å². The van der Waals surface area contributed by atoms with Gasteiger partial charge >= 0.3 is 0 Å². The molecular weight excluding hydrogens is 246 g/mol. The molecule has 0 aliphatic carbocycles. The number of hydrogen-bond acceptors (Lipinski definition) is 2. The first-order valence-corrected chi connectivity index (χ1v) is 6.93. The topological polar surface area (TPSA) is 43.8 Å². The first-order chi connectivity index (χ1) is 9.60. The summed E-state index contributed by atoms with van der Waals surface area (Å²) in [6.07, 6.45) is 0. The van der Waals surface area contributed by atoms with Crippen molar-refractivity contribution >= 4 is 16.7 Å². The lowest BCUT2D eigenvalue weighted by atomic mass is 10.1. The van der Waals surface area contributed by atoms with E-state index in [0.29, 0.717) is 0 Å². The van der Waals surface area contributed by atoms with E-state index in [4.69, 9.17) is 10.7 Å². The molecule has 102 valence electrons. The molecule has 1 heterocycles. The molecule has 0 unspecified atom stereocenters. The van der Waals surface area contributed by atoms with Crippen LogP contribution in [0.15, 0.2) is 36.4 Å². The second-order valence-electron chi connectivity index (χ2n) is 5.24. The molecule has 0 saturated heterocycles. The predicted molar refractivity (Wildman–Crippen MR) is 84.7 cm³/mol. The molecule has 0 spiro atoms. The van der Waals surface area contributed by atoms with E-state index in [1.54, 1.807) is 0 Å². The molecule has 1 aromatic heterocycles. The number of nitrogens with zero attached hydrogens (tertiary/aromatic N) is 2. The third-order valence-electron chi connectivity index (χ3n) is 3.75. The smallest absolute Gasteiger partial charge is 0.141 e. The van der Waals surface area contributed by atoms with Gasteiger partial charge in [0.15, 0.2) is 0 Å². The van der Waals surface area contributed by atoms with Gasteiger partial charge in [-0.05, 0) is 62.2 Å². The summed E-state index contributed by atoms with van der Waals surface area (Å²) in [6, 6.07) is 12.5. The minimum absolute atomic E-state index is 0.823. The Bertz CT molecular complexity index is 784. The monoisotopic (exact) mass is 265 g/mol. The molecule has 0 aliphatic rings. The molecule has 0 atom stereocenters. The highest BCUT2D eigenvalue weighted by Crippen LogP contribution is 2.27. The first kappa shape index (κ1) is 12.7. The minimum atomic E-state index is 0.823. The molecule has 0 bridgehead atoms. The van der Waals surface area contributed by atoms with Crippen molar-refractivity contribution in [2.24, 2.45) is 0 Å². The van der Waals surface area contributed by atoms with E-state index in [1.165, 1.54) is 11.1 Å². The number of aryl methyl sites for hydroxylation is 3. The molecule has 3 aromatic rings. The summed E-state index contributed by atoms with van der Waals surface area (Å²) in [4.78, 5) is 4.81. The fourth-order valence-corrected chi connectivity index (χ4v) is 2.60. The van der Waals surface area contributed by atoms with Crippen LogP contribution in [-0.4, -0.2) is 9.55 Å². The molecule has 0 saturated carbocycles. The normalized spacial score (nSPS) is 11.2. The molecule has 2 aromatic carbocycles. The van der Waals surface area contributed by atoms with Crippen molar-refractivity contribution < 1.29 is 0 Å². The van der Waals surface area contributed by atoms with Crippen LogP contribution in [0.5, 0.6) is 0 Å². The largest absolute Gasteiger partial charge is 0.399 e. The van der Waals surface area contributed by atoms with Gasteiger partial charge in [-0.25, -0.2) is 4.98 Å². The molecule has 3 nitrogen and oxygen atoms in total. The van der Waals surface area contributed by atoms with E-state index in [2.05, 4.69) is 42.7 Å². The highest BCUT2D eigenvalue weighted by atomic mass is 15.1. The van der Waals surface area contributed by atoms with Gasteiger partial charge in [-0.3, -0.25) is 0 Å². The third kappa shape index (κ3) is 1.95. The number of hydrogen-bond donors (Lipinski definition) is 1. The maximum atomic E-state index is 5.91. The summed E-state index contributed by atoms with van der Waals surface area (Å²) in [5.74, 6) is 1.01. The molecule has 0 aliphatic heterocycles. The molecule has 20 heavy (non-hydrogen) atoms. The van der Waals surface area contributed by atoms with Crippen LogP contribution in [0.2, 0.25) is 0 Å². The van der Waals surface area contributed by atoms with E-state index >= 15 is 0 Å². The Balaban J connectivity index is 2.26. The Morgan fingerprint density at radius 1 is 1.10 bits per heavy atom. The highest BCUT2D eigenvalue weighted by molar-refractivity contribution is 5.81. The standard InChI is InChI=1S/C17H19N3/c1-4-20-16-8-5-11(2)9-15(16)19-17(20)13-6-7-14(18)12(3)10-13/h5-10H,4,18H2,1-3H3. The summed E-state index contributed by atoms with van der Waals surface area (Å²) in [5, 5.41) is 0.